The SMILES string of the molecule is C=C(C)CCCOC(=O)O. The maximum Gasteiger partial charge on any atom is 0.505 e. The summed E-state index contributed by atoms with van der Waals surface area (Å²) in [6.07, 6.45) is 0.344. The van der Waals surface area contributed by atoms with Crippen LogP contribution in [0.1, 0.15) is 19.8 Å². The van der Waals surface area contributed by atoms with Gasteiger partial charge in [0.2, 0.25) is 0 Å². The molecule has 0 rings (SSSR count). The van der Waals surface area contributed by atoms with Crippen LogP contribution in [0.25, 0.3) is 0 Å². The molecule has 58 valence electrons. The van der Waals surface area contributed by atoms with Crippen LogP contribution in [0, 0.1) is 0 Å². The Kier molecular flexibility index (Phi) is 4.37. The molecule has 0 heterocycles. The van der Waals surface area contributed by atoms with Crippen molar-refractivity contribution in [3.05, 3.63) is 12.2 Å². The van der Waals surface area contributed by atoms with E-state index in [1.165, 1.54) is 0 Å². The van der Waals surface area contributed by atoms with E-state index < -0.39 is 6.16 Å². The highest BCUT2D eigenvalue weighted by Crippen LogP contribution is 1.99. The zero-order valence-corrected chi connectivity index (χ0v) is 6.09. The molecule has 1 N–H and O–H groups in total. The molecule has 0 aliphatic heterocycles. The van der Waals surface area contributed by atoms with Gasteiger partial charge in [-0.3, -0.25) is 0 Å². The molecule has 0 saturated heterocycles. The average Bonchev–Trinajstić information content (AvgIpc) is 1.79. The van der Waals surface area contributed by atoms with Crippen LogP contribution in [0.15, 0.2) is 12.2 Å². The number of allylic oxidation sites excluding steroid dienone is 1. The molecule has 0 fully saturated rings. The predicted octanol–water partition coefficient (Wildman–Crippen LogP) is 2.04. The molecular weight excluding hydrogens is 132 g/mol. The second-order valence-electron chi connectivity index (χ2n) is 2.18. The van der Waals surface area contributed by atoms with E-state index >= 15 is 0 Å². The molecule has 0 aliphatic carbocycles. The van der Waals surface area contributed by atoms with Gasteiger partial charge >= 0.3 is 6.16 Å². The predicted molar refractivity (Wildman–Crippen MR) is 38.0 cm³/mol. The van der Waals surface area contributed by atoms with Crippen LogP contribution in [0.4, 0.5) is 4.79 Å². The molecule has 0 aromatic rings. The Morgan fingerprint density at radius 3 is 2.70 bits per heavy atom. The lowest BCUT2D eigenvalue weighted by molar-refractivity contribution is 0.0907. The van der Waals surface area contributed by atoms with E-state index in [9.17, 15) is 4.79 Å². The maximum atomic E-state index is 9.80. The van der Waals surface area contributed by atoms with E-state index in [1.54, 1.807) is 0 Å². The van der Waals surface area contributed by atoms with Crippen molar-refractivity contribution < 1.29 is 14.6 Å². The molecule has 0 aliphatic rings. The molecule has 3 heteroatoms. The summed E-state index contributed by atoms with van der Waals surface area (Å²) in [5.41, 5.74) is 1.05. The minimum absolute atomic E-state index is 0.266. The van der Waals surface area contributed by atoms with E-state index in [0.717, 1.165) is 18.4 Å². The van der Waals surface area contributed by atoms with E-state index in [4.69, 9.17) is 5.11 Å². The fourth-order valence-corrected chi connectivity index (χ4v) is 0.533. The Bertz CT molecular complexity index is 113. The van der Waals surface area contributed by atoms with Gasteiger partial charge in [0.15, 0.2) is 0 Å². The molecular formula is C7H12O3. The molecule has 0 unspecified atom stereocenters. The highest BCUT2D eigenvalue weighted by atomic mass is 16.7. The van der Waals surface area contributed by atoms with Crippen LogP contribution in [0.5, 0.6) is 0 Å². The number of hydrogen-bond donors (Lipinski definition) is 1. The van der Waals surface area contributed by atoms with Crippen molar-refractivity contribution in [3.63, 3.8) is 0 Å². The van der Waals surface area contributed by atoms with Crippen molar-refractivity contribution in [2.24, 2.45) is 0 Å². The van der Waals surface area contributed by atoms with Crippen LogP contribution in [-0.2, 0) is 4.74 Å². The van der Waals surface area contributed by atoms with Gasteiger partial charge in [-0.05, 0) is 19.8 Å². The first kappa shape index (κ1) is 9.01. The molecule has 0 amide bonds. The second kappa shape index (κ2) is 4.85. The standard InChI is InChI=1S/C7H12O3/c1-6(2)4-3-5-10-7(8)9/h1,3-5H2,2H3,(H,8,9). The fraction of sp³-hybridized carbons (Fsp3) is 0.571. The number of carbonyl (C=O) groups is 1. The van der Waals surface area contributed by atoms with Crippen molar-refractivity contribution >= 4 is 6.16 Å². The van der Waals surface area contributed by atoms with E-state index in [0.29, 0.717) is 0 Å². The van der Waals surface area contributed by atoms with Crippen LogP contribution >= 0.6 is 0 Å². The largest absolute Gasteiger partial charge is 0.505 e. The van der Waals surface area contributed by atoms with Crippen molar-refractivity contribution in [2.75, 3.05) is 6.61 Å². The lowest BCUT2D eigenvalue weighted by atomic mass is 10.2. The van der Waals surface area contributed by atoms with Gasteiger partial charge in [0, 0.05) is 0 Å². The minimum atomic E-state index is -1.21. The number of ether oxygens (including phenoxy) is 1. The van der Waals surface area contributed by atoms with Crippen molar-refractivity contribution in [1.82, 2.24) is 0 Å². The smallest absolute Gasteiger partial charge is 0.450 e. The number of hydrogen-bond acceptors (Lipinski definition) is 2. The van der Waals surface area contributed by atoms with Crippen LogP contribution in [0.2, 0.25) is 0 Å². The van der Waals surface area contributed by atoms with E-state index in [-0.39, 0.29) is 6.61 Å². The lowest BCUT2D eigenvalue weighted by Crippen LogP contribution is -2.01. The third-order valence-corrected chi connectivity index (χ3v) is 0.973. The summed E-state index contributed by atoms with van der Waals surface area (Å²) in [6, 6.07) is 0. The van der Waals surface area contributed by atoms with Crippen LogP contribution < -0.4 is 0 Å². The van der Waals surface area contributed by atoms with Crippen molar-refractivity contribution in [2.45, 2.75) is 19.8 Å². The highest BCUT2D eigenvalue weighted by molar-refractivity contribution is 5.56. The van der Waals surface area contributed by atoms with Gasteiger partial charge in [0.25, 0.3) is 0 Å². The summed E-state index contributed by atoms with van der Waals surface area (Å²) in [7, 11) is 0. The zero-order chi connectivity index (χ0) is 7.98. The van der Waals surface area contributed by atoms with Crippen molar-refractivity contribution in [1.29, 1.82) is 0 Å². The Balaban J connectivity index is 3.06. The number of carboxylic acid groups (broad SMARTS) is 1. The summed E-state index contributed by atoms with van der Waals surface area (Å²) in [5, 5.41) is 8.03. The molecule has 0 atom stereocenters. The normalized spacial score (nSPS) is 8.90. The molecule has 0 aromatic carbocycles. The first-order valence-corrected chi connectivity index (χ1v) is 3.13. The van der Waals surface area contributed by atoms with E-state index in [2.05, 4.69) is 11.3 Å². The monoisotopic (exact) mass is 144 g/mol. The first-order valence-electron chi connectivity index (χ1n) is 3.13. The van der Waals surface area contributed by atoms with Gasteiger partial charge in [-0.15, -0.1) is 6.58 Å². The highest BCUT2D eigenvalue weighted by Gasteiger charge is 1.94. The quantitative estimate of drug-likeness (QED) is 0.373. The Hall–Kier alpha value is -0.990. The molecule has 0 bridgehead atoms. The van der Waals surface area contributed by atoms with Crippen LogP contribution in [-0.4, -0.2) is 17.9 Å². The third kappa shape index (κ3) is 7.01. The summed E-state index contributed by atoms with van der Waals surface area (Å²) in [6.45, 7) is 5.84. The maximum absolute atomic E-state index is 9.80. The lowest BCUT2D eigenvalue weighted by Gasteiger charge is -1.98. The summed E-state index contributed by atoms with van der Waals surface area (Å²) in [5.74, 6) is 0. The third-order valence-electron chi connectivity index (χ3n) is 0.973. The summed E-state index contributed by atoms with van der Waals surface area (Å²) in [4.78, 5) is 9.80. The Labute approximate surface area is 60.3 Å². The fourth-order valence-electron chi connectivity index (χ4n) is 0.533. The molecule has 0 spiro atoms. The van der Waals surface area contributed by atoms with E-state index in [1.807, 2.05) is 6.92 Å². The van der Waals surface area contributed by atoms with Gasteiger partial charge in [-0.2, -0.15) is 0 Å². The molecule has 10 heavy (non-hydrogen) atoms. The minimum Gasteiger partial charge on any atom is -0.450 e. The number of rotatable bonds is 4. The molecule has 0 saturated carbocycles. The second-order valence-corrected chi connectivity index (χ2v) is 2.18. The van der Waals surface area contributed by atoms with Gasteiger partial charge < -0.3 is 9.84 Å². The average molecular weight is 144 g/mol. The van der Waals surface area contributed by atoms with Gasteiger partial charge in [0.05, 0.1) is 6.61 Å². The Morgan fingerprint density at radius 2 is 2.30 bits per heavy atom. The van der Waals surface area contributed by atoms with Crippen LogP contribution in [0.3, 0.4) is 0 Å². The summed E-state index contributed by atoms with van der Waals surface area (Å²) < 4.78 is 4.27. The van der Waals surface area contributed by atoms with Gasteiger partial charge in [0.1, 0.15) is 0 Å². The topological polar surface area (TPSA) is 46.5 Å². The first-order chi connectivity index (χ1) is 4.63. The summed E-state index contributed by atoms with van der Waals surface area (Å²) >= 11 is 0. The molecule has 0 radical (unpaired) electrons. The zero-order valence-electron chi connectivity index (χ0n) is 6.09. The van der Waals surface area contributed by atoms with Crippen molar-refractivity contribution in [3.8, 4) is 0 Å². The molecule has 3 nitrogen and oxygen atoms in total. The Morgan fingerprint density at radius 1 is 1.70 bits per heavy atom. The molecule has 0 aromatic heterocycles. The van der Waals surface area contributed by atoms with Gasteiger partial charge in [-0.1, -0.05) is 5.57 Å². The van der Waals surface area contributed by atoms with Gasteiger partial charge in [-0.25, -0.2) is 4.79 Å².